The molecule has 0 atom stereocenters. The van der Waals surface area contributed by atoms with E-state index in [0.717, 1.165) is 47.2 Å². The summed E-state index contributed by atoms with van der Waals surface area (Å²) in [7, 11) is 0. The lowest BCUT2D eigenvalue weighted by Crippen LogP contribution is -2.10. The summed E-state index contributed by atoms with van der Waals surface area (Å²) in [6, 6.07) is 15.2. The Morgan fingerprint density at radius 2 is 0.964 bits per heavy atom. The molecule has 0 aliphatic heterocycles. The van der Waals surface area contributed by atoms with E-state index >= 15 is 0 Å². The molecule has 146 valence electrons. The van der Waals surface area contributed by atoms with E-state index in [-0.39, 0.29) is 11.9 Å². The van der Waals surface area contributed by atoms with Crippen LogP contribution in [0.5, 0.6) is 11.5 Å². The summed E-state index contributed by atoms with van der Waals surface area (Å²) in [6.45, 7) is 4.08. The zero-order valence-electron chi connectivity index (χ0n) is 16.5. The molecule has 0 radical (unpaired) electrons. The minimum atomic E-state index is -0.246. The van der Waals surface area contributed by atoms with E-state index in [9.17, 15) is 9.59 Å². The van der Waals surface area contributed by atoms with Crippen molar-refractivity contribution in [3.63, 3.8) is 0 Å². The van der Waals surface area contributed by atoms with Gasteiger partial charge in [-0.05, 0) is 12.8 Å². The average molecular weight is 378 g/mol. The van der Waals surface area contributed by atoms with Crippen molar-refractivity contribution in [1.29, 1.82) is 0 Å². The van der Waals surface area contributed by atoms with Gasteiger partial charge < -0.3 is 9.47 Å². The first-order valence-electron chi connectivity index (χ1n) is 10.0. The number of benzene rings is 3. The lowest BCUT2D eigenvalue weighted by molar-refractivity contribution is -0.135. The highest BCUT2D eigenvalue weighted by Crippen LogP contribution is 2.43. The van der Waals surface area contributed by atoms with Gasteiger partial charge in [-0.3, -0.25) is 9.59 Å². The van der Waals surface area contributed by atoms with Crippen molar-refractivity contribution in [3.8, 4) is 11.5 Å². The van der Waals surface area contributed by atoms with Crippen LogP contribution in [0, 0.1) is 0 Å². The monoisotopic (exact) mass is 378 g/mol. The van der Waals surface area contributed by atoms with Crippen molar-refractivity contribution in [2.45, 2.75) is 52.4 Å². The summed E-state index contributed by atoms with van der Waals surface area (Å²) >= 11 is 0. The number of hydrogen-bond donors (Lipinski definition) is 0. The highest BCUT2D eigenvalue weighted by molar-refractivity contribution is 6.12. The number of carbonyl (C=O) groups is 2. The van der Waals surface area contributed by atoms with Gasteiger partial charge in [0.1, 0.15) is 11.5 Å². The minimum absolute atomic E-state index is 0.246. The summed E-state index contributed by atoms with van der Waals surface area (Å²) in [5.74, 6) is 0.566. The Bertz CT molecular complexity index is 853. The molecule has 0 unspecified atom stereocenters. The lowest BCUT2D eigenvalue weighted by Gasteiger charge is -2.16. The molecule has 0 heterocycles. The van der Waals surface area contributed by atoms with Crippen molar-refractivity contribution in [1.82, 2.24) is 0 Å². The molecular weight excluding hydrogens is 352 g/mol. The first kappa shape index (κ1) is 19.9. The maximum atomic E-state index is 12.3. The summed E-state index contributed by atoms with van der Waals surface area (Å²) in [4.78, 5) is 24.7. The van der Waals surface area contributed by atoms with Gasteiger partial charge in [0.05, 0.1) is 0 Å². The number of carbonyl (C=O) groups excluding carboxylic acids is 2. The molecule has 4 nitrogen and oxygen atoms in total. The second-order valence-electron chi connectivity index (χ2n) is 6.90. The van der Waals surface area contributed by atoms with Gasteiger partial charge in [0, 0.05) is 34.4 Å². The summed E-state index contributed by atoms with van der Waals surface area (Å²) in [6.07, 6.45) is 4.22. The Morgan fingerprint density at radius 3 is 1.25 bits per heavy atom. The molecule has 0 spiro atoms. The molecule has 3 aromatic carbocycles. The molecule has 0 bridgehead atoms. The van der Waals surface area contributed by atoms with E-state index in [0.29, 0.717) is 24.3 Å². The highest BCUT2D eigenvalue weighted by atomic mass is 16.5. The predicted molar refractivity (Wildman–Crippen MR) is 112 cm³/mol. The summed E-state index contributed by atoms with van der Waals surface area (Å²) in [5, 5.41) is 3.07. The molecule has 0 N–H and O–H groups in total. The minimum Gasteiger partial charge on any atom is -0.425 e. The van der Waals surface area contributed by atoms with E-state index in [1.807, 2.05) is 62.4 Å². The third kappa shape index (κ3) is 4.33. The van der Waals surface area contributed by atoms with Crippen LogP contribution in [0.15, 0.2) is 48.5 Å². The van der Waals surface area contributed by atoms with Gasteiger partial charge in [-0.2, -0.15) is 0 Å². The van der Waals surface area contributed by atoms with Gasteiger partial charge in [0.15, 0.2) is 0 Å². The van der Waals surface area contributed by atoms with Crippen LogP contribution in [0.4, 0.5) is 0 Å². The Balaban J connectivity index is 2.13. The van der Waals surface area contributed by atoms with Crippen molar-refractivity contribution in [3.05, 3.63) is 48.5 Å². The van der Waals surface area contributed by atoms with Gasteiger partial charge in [-0.25, -0.2) is 0 Å². The number of rotatable bonds is 8. The molecule has 0 aliphatic carbocycles. The Morgan fingerprint density at radius 1 is 0.643 bits per heavy atom. The fourth-order valence-corrected chi connectivity index (χ4v) is 3.24. The number of ether oxygens (including phenoxy) is 2. The van der Waals surface area contributed by atoms with Gasteiger partial charge in [-0.1, -0.05) is 75.2 Å². The molecule has 4 heteroatoms. The van der Waals surface area contributed by atoms with Crippen LogP contribution >= 0.6 is 0 Å². The molecule has 3 rings (SSSR count). The Labute approximate surface area is 165 Å². The topological polar surface area (TPSA) is 52.6 Å². The Hall–Kier alpha value is -2.88. The van der Waals surface area contributed by atoms with Crippen LogP contribution in [0.3, 0.4) is 0 Å². The summed E-state index contributed by atoms with van der Waals surface area (Å²) < 4.78 is 11.6. The normalized spacial score (nSPS) is 10.9. The van der Waals surface area contributed by atoms with Gasteiger partial charge >= 0.3 is 11.9 Å². The third-order valence-corrected chi connectivity index (χ3v) is 4.73. The van der Waals surface area contributed by atoms with E-state index in [2.05, 4.69) is 0 Å². The van der Waals surface area contributed by atoms with Crippen LogP contribution < -0.4 is 9.47 Å². The predicted octanol–water partition coefficient (Wildman–Crippen LogP) is 6.18. The fourth-order valence-electron chi connectivity index (χ4n) is 3.24. The first-order chi connectivity index (χ1) is 13.7. The molecule has 0 saturated carbocycles. The van der Waals surface area contributed by atoms with Crippen molar-refractivity contribution >= 4 is 33.5 Å². The SMILES string of the molecule is CCCCC(=O)Oc1c2ccccc2c(OC(=O)CCCC)c2ccccc12. The van der Waals surface area contributed by atoms with Crippen molar-refractivity contribution in [2.75, 3.05) is 0 Å². The largest absolute Gasteiger partial charge is 0.425 e. The molecule has 0 fully saturated rings. The number of esters is 2. The second-order valence-corrected chi connectivity index (χ2v) is 6.90. The van der Waals surface area contributed by atoms with Crippen molar-refractivity contribution < 1.29 is 19.1 Å². The quantitative estimate of drug-likeness (QED) is 0.267. The van der Waals surface area contributed by atoms with E-state index in [1.54, 1.807) is 0 Å². The molecule has 0 saturated heterocycles. The maximum absolute atomic E-state index is 12.3. The smallest absolute Gasteiger partial charge is 0.311 e. The second kappa shape index (κ2) is 9.36. The zero-order valence-corrected chi connectivity index (χ0v) is 16.5. The van der Waals surface area contributed by atoms with E-state index in [4.69, 9.17) is 9.47 Å². The van der Waals surface area contributed by atoms with Crippen molar-refractivity contribution in [2.24, 2.45) is 0 Å². The van der Waals surface area contributed by atoms with Gasteiger partial charge in [-0.15, -0.1) is 0 Å². The fraction of sp³-hybridized carbons (Fsp3) is 0.333. The van der Waals surface area contributed by atoms with Crippen LogP contribution in [-0.4, -0.2) is 11.9 Å². The number of hydrogen-bond acceptors (Lipinski definition) is 4. The third-order valence-electron chi connectivity index (χ3n) is 4.73. The standard InChI is InChI=1S/C24H26O4/c1-3-5-15-21(25)27-23-17-11-7-9-13-19(17)24(28-22(26)16-6-4-2)20-14-10-8-12-18(20)23/h7-14H,3-6,15-16H2,1-2H3. The number of unbranched alkanes of at least 4 members (excludes halogenated alkanes) is 2. The molecular formula is C24H26O4. The van der Waals surface area contributed by atoms with Gasteiger partial charge in [0.25, 0.3) is 0 Å². The average Bonchev–Trinajstić information content (AvgIpc) is 2.73. The molecule has 0 aliphatic rings. The Kier molecular flexibility index (Phi) is 6.64. The molecule has 28 heavy (non-hydrogen) atoms. The molecule has 3 aromatic rings. The van der Waals surface area contributed by atoms with Gasteiger partial charge in [0.2, 0.25) is 0 Å². The first-order valence-corrected chi connectivity index (χ1v) is 10.0. The van der Waals surface area contributed by atoms with Crippen LogP contribution in [0.25, 0.3) is 21.5 Å². The summed E-state index contributed by atoms with van der Waals surface area (Å²) in [5.41, 5.74) is 0. The van der Waals surface area contributed by atoms with E-state index < -0.39 is 0 Å². The molecule has 0 amide bonds. The molecule has 0 aromatic heterocycles. The van der Waals surface area contributed by atoms with E-state index in [1.165, 1.54) is 0 Å². The zero-order chi connectivity index (χ0) is 19.9. The van der Waals surface area contributed by atoms with Crippen LogP contribution in [-0.2, 0) is 9.59 Å². The lowest BCUT2D eigenvalue weighted by atomic mass is 10.0. The highest BCUT2D eigenvalue weighted by Gasteiger charge is 2.19. The van der Waals surface area contributed by atoms with Crippen LogP contribution in [0.2, 0.25) is 0 Å². The maximum Gasteiger partial charge on any atom is 0.311 e. The number of fused-ring (bicyclic) bond motifs is 2. The van der Waals surface area contributed by atoms with Crippen LogP contribution in [0.1, 0.15) is 52.4 Å².